The van der Waals surface area contributed by atoms with Crippen LogP contribution in [0.4, 0.5) is 0 Å². The van der Waals surface area contributed by atoms with Crippen LogP contribution < -0.4 is 0 Å². The molecule has 0 saturated carbocycles. The van der Waals surface area contributed by atoms with E-state index < -0.39 is 0 Å². The van der Waals surface area contributed by atoms with Crippen molar-refractivity contribution in [2.24, 2.45) is 0 Å². The number of aromatic nitrogens is 3. The van der Waals surface area contributed by atoms with Crippen molar-refractivity contribution in [3.05, 3.63) is 11.4 Å². The van der Waals surface area contributed by atoms with Crippen molar-refractivity contribution in [1.29, 1.82) is 0 Å². The molecule has 0 unspecified atom stereocenters. The normalized spacial score (nSPS) is 12.1. The molecule has 16 heavy (non-hydrogen) atoms. The third kappa shape index (κ3) is 3.32. The van der Waals surface area contributed by atoms with Crippen LogP contribution in [0.3, 0.4) is 0 Å². The monoisotopic (exact) mass is 223 g/mol. The average molecular weight is 223 g/mol. The minimum Gasteiger partial charge on any atom is -0.249 e. The van der Waals surface area contributed by atoms with Gasteiger partial charge in [0.05, 0.1) is 11.4 Å². The predicted molar refractivity (Wildman–Crippen MR) is 67.6 cm³/mol. The van der Waals surface area contributed by atoms with Gasteiger partial charge < -0.3 is 0 Å². The lowest BCUT2D eigenvalue weighted by Gasteiger charge is -2.20. The molecule has 0 saturated heterocycles. The van der Waals surface area contributed by atoms with Gasteiger partial charge in [0.15, 0.2) is 0 Å². The maximum absolute atomic E-state index is 4.25. The Bertz CT molecular complexity index is 320. The number of hydrogen-bond acceptors (Lipinski definition) is 2. The Labute approximate surface area is 99.2 Å². The van der Waals surface area contributed by atoms with E-state index in [1.807, 2.05) is 0 Å². The molecule has 0 aliphatic rings. The fraction of sp³-hybridized carbons (Fsp3) is 0.846. The standard InChI is InChI=1S/C13H25N3/c1-6-7-8-9-10-16-12(13(3,4)5)11(2)14-15-16/h6-10H2,1-5H3. The first-order valence-electron chi connectivity index (χ1n) is 6.37. The zero-order chi connectivity index (χ0) is 12.2. The number of nitrogens with zero attached hydrogens (tertiary/aromatic N) is 3. The van der Waals surface area contributed by atoms with Crippen molar-refractivity contribution in [3.63, 3.8) is 0 Å². The van der Waals surface area contributed by atoms with Crippen molar-refractivity contribution in [2.75, 3.05) is 0 Å². The molecule has 92 valence electrons. The lowest BCUT2D eigenvalue weighted by Crippen LogP contribution is -2.19. The molecule has 0 atom stereocenters. The molecule has 3 nitrogen and oxygen atoms in total. The average Bonchev–Trinajstić information content (AvgIpc) is 2.54. The van der Waals surface area contributed by atoms with E-state index in [-0.39, 0.29) is 5.41 Å². The maximum atomic E-state index is 4.25. The van der Waals surface area contributed by atoms with Crippen LogP contribution in [-0.2, 0) is 12.0 Å². The van der Waals surface area contributed by atoms with Crippen molar-refractivity contribution >= 4 is 0 Å². The third-order valence-electron chi connectivity index (χ3n) is 2.84. The van der Waals surface area contributed by atoms with Crippen molar-refractivity contribution in [1.82, 2.24) is 15.0 Å². The van der Waals surface area contributed by atoms with Crippen LogP contribution >= 0.6 is 0 Å². The summed E-state index contributed by atoms with van der Waals surface area (Å²) in [5.41, 5.74) is 2.49. The number of aryl methyl sites for hydroxylation is 2. The molecule has 1 rings (SSSR count). The highest BCUT2D eigenvalue weighted by atomic mass is 15.4. The van der Waals surface area contributed by atoms with E-state index in [0.717, 1.165) is 12.2 Å². The van der Waals surface area contributed by atoms with Gasteiger partial charge in [-0.15, -0.1) is 5.10 Å². The Morgan fingerprint density at radius 3 is 2.38 bits per heavy atom. The summed E-state index contributed by atoms with van der Waals surface area (Å²) in [4.78, 5) is 0. The molecule has 0 radical (unpaired) electrons. The second kappa shape index (κ2) is 5.46. The third-order valence-corrected chi connectivity index (χ3v) is 2.84. The number of hydrogen-bond donors (Lipinski definition) is 0. The van der Waals surface area contributed by atoms with Gasteiger partial charge in [0, 0.05) is 12.0 Å². The van der Waals surface area contributed by atoms with Crippen molar-refractivity contribution in [3.8, 4) is 0 Å². The predicted octanol–water partition coefficient (Wildman–Crippen LogP) is 3.46. The van der Waals surface area contributed by atoms with Crippen molar-refractivity contribution in [2.45, 2.75) is 72.3 Å². The molecule has 1 heterocycles. The van der Waals surface area contributed by atoms with Crippen LogP contribution in [0.5, 0.6) is 0 Å². The van der Waals surface area contributed by atoms with E-state index >= 15 is 0 Å². The van der Waals surface area contributed by atoms with E-state index in [2.05, 4.69) is 49.6 Å². The summed E-state index contributed by atoms with van der Waals surface area (Å²) < 4.78 is 2.09. The van der Waals surface area contributed by atoms with Crippen molar-refractivity contribution < 1.29 is 0 Å². The molecule has 0 aliphatic heterocycles. The van der Waals surface area contributed by atoms with E-state index in [0.29, 0.717) is 0 Å². The Kier molecular flexibility index (Phi) is 4.51. The fourth-order valence-electron chi connectivity index (χ4n) is 2.17. The molecule has 0 aliphatic carbocycles. The van der Waals surface area contributed by atoms with E-state index in [1.54, 1.807) is 0 Å². The van der Waals surface area contributed by atoms with Crippen LogP contribution in [0.1, 0.15) is 64.8 Å². The molecule has 0 N–H and O–H groups in total. The highest BCUT2D eigenvalue weighted by Crippen LogP contribution is 2.24. The molecule has 0 bridgehead atoms. The first-order valence-corrected chi connectivity index (χ1v) is 6.37. The minimum absolute atomic E-state index is 0.137. The Balaban J connectivity index is 2.66. The van der Waals surface area contributed by atoms with E-state index in [9.17, 15) is 0 Å². The van der Waals surface area contributed by atoms with Gasteiger partial charge in [-0.05, 0) is 13.3 Å². The lowest BCUT2D eigenvalue weighted by molar-refractivity contribution is 0.457. The Morgan fingerprint density at radius 1 is 1.12 bits per heavy atom. The smallest absolute Gasteiger partial charge is 0.0833 e. The maximum Gasteiger partial charge on any atom is 0.0833 e. The van der Waals surface area contributed by atoms with Gasteiger partial charge in [0.2, 0.25) is 0 Å². The Hall–Kier alpha value is -0.860. The van der Waals surface area contributed by atoms with Gasteiger partial charge >= 0.3 is 0 Å². The van der Waals surface area contributed by atoms with Gasteiger partial charge in [0.1, 0.15) is 0 Å². The fourth-order valence-corrected chi connectivity index (χ4v) is 2.17. The number of rotatable bonds is 5. The molecular weight excluding hydrogens is 198 g/mol. The summed E-state index contributed by atoms with van der Waals surface area (Å²) in [5, 5.41) is 8.44. The minimum atomic E-state index is 0.137. The lowest BCUT2D eigenvalue weighted by atomic mass is 9.90. The molecule has 1 aromatic heterocycles. The van der Waals surface area contributed by atoms with Gasteiger partial charge in [-0.3, -0.25) is 0 Å². The van der Waals surface area contributed by atoms with Crippen LogP contribution in [-0.4, -0.2) is 15.0 Å². The molecule has 3 heteroatoms. The summed E-state index contributed by atoms with van der Waals surface area (Å²) in [6.07, 6.45) is 5.10. The van der Waals surface area contributed by atoms with Gasteiger partial charge in [0.25, 0.3) is 0 Å². The van der Waals surface area contributed by atoms with Crippen LogP contribution in [0.25, 0.3) is 0 Å². The molecule has 0 spiro atoms. The van der Waals surface area contributed by atoms with E-state index in [4.69, 9.17) is 0 Å². The summed E-state index contributed by atoms with van der Waals surface area (Å²) in [6, 6.07) is 0. The van der Waals surface area contributed by atoms with Crippen LogP contribution in [0.2, 0.25) is 0 Å². The van der Waals surface area contributed by atoms with Crippen LogP contribution in [0.15, 0.2) is 0 Å². The molecule has 0 aromatic carbocycles. The highest BCUT2D eigenvalue weighted by Gasteiger charge is 2.22. The largest absolute Gasteiger partial charge is 0.249 e. The molecule has 0 fully saturated rings. The first-order chi connectivity index (χ1) is 7.46. The Morgan fingerprint density at radius 2 is 1.81 bits per heavy atom. The first kappa shape index (κ1) is 13.2. The molecule has 0 amide bonds. The quantitative estimate of drug-likeness (QED) is 0.716. The van der Waals surface area contributed by atoms with Gasteiger partial charge in [-0.2, -0.15) is 0 Å². The zero-order valence-electron chi connectivity index (χ0n) is 11.4. The SMILES string of the molecule is CCCCCCn1nnc(C)c1C(C)(C)C. The summed E-state index contributed by atoms with van der Waals surface area (Å²) >= 11 is 0. The summed E-state index contributed by atoms with van der Waals surface area (Å²) in [7, 11) is 0. The van der Waals surface area contributed by atoms with Gasteiger partial charge in [-0.1, -0.05) is 52.2 Å². The second-order valence-electron chi connectivity index (χ2n) is 5.56. The summed E-state index contributed by atoms with van der Waals surface area (Å²) in [6.45, 7) is 12.0. The topological polar surface area (TPSA) is 30.7 Å². The number of unbranched alkanes of at least 4 members (excludes halogenated alkanes) is 3. The molecule has 1 aromatic rings. The van der Waals surface area contributed by atoms with Crippen LogP contribution in [0, 0.1) is 6.92 Å². The summed E-state index contributed by atoms with van der Waals surface area (Å²) in [5.74, 6) is 0. The van der Waals surface area contributed by atoms with Gasteiger partial charge in [-0.25, -0.2) is 4.68 Å². The molecular formula is C13H25N3. The van der Waals surface area contributed by atoms with E-state index in [1.165, 1.54) is 31.4 Å². The zero-order valence-corrected chi connectivity index (χ0v) is 11.4. The highest BCUT2D eigenvalue weighted by molar-refractivity contribution is 5.17. The second-order valence-corrected chi connectivity index (χ2v) is 5.56.